The molecule has 1 aromatic carbocycles. The third kappa shape index (κ3) is 9.08. The zero-order valence-corrected chi connectivity index (χ0v) is 15.1. The Kier molecular flexibility index (Phi) is 10.4. The number of phenols is 1. The predicted molar refractivity (Wildman–Crippen MR) is 109 cm³/mol. The van der Waals surface area contributed by atoms with Gasteiger partial charge in [-0.25, -0.2) is 4.79 Å². The number of aromatic hydroxyl groups is 1. The van der Waals surface area contributed by atoms with Gasteiger partial charge in [0.2, 0.25) is 0 Å². The molecule has 134 valence electrons. The van der Waals surface area contributed by atoms with Crippen molar-refractivity contribution < 1.29 is 14.6 Å². The van der Waals surface area contributed by atoms with Crippen molar-refractivity contribution in [3.63, 3.8) is 0 Å². The molecular weight excluding hydrogens is 324 g/mol. The quantitative estimate of drug-likeness (QED) is 0.398. The first kappa shape index (κ1) is 20.7. The van der Waals surface area contributed by atoms with Crippen LogP contribution in [0.5, 0.6) is 5.75 Å². The topological polar surface area (TPSA) is 46.5 Å². The van der Waals surface area contributed by atoms with Crippen molar-refractivity contribution in [3.05, 3.63) is 108 Å². The lowest BCUT2D eigenvalue weighted by Crippen LogP contribution is -1.92. The molecule has 0 aliphatic heterocycles. The molecule has 3 nitrogen and oxygen atoms in total. The number of carbonyl (C=O) groups is 1. The summed E-state index contributed by atoms with van der Waals surface area (Å²) in [5, 5.41) is 9.63. The van der Waals surface area contributed by atoms with Gasteiger partial charge in [0.15, 0.2) is 0 Å². The van der Waals surface area contributed by atoms with E-state index in [0.717, 1.165) is 11.1 Å². The first-order chi connectivity index (χ1) is 12.6. The summed E-state index contributed by atoms with van der Waals surface area (Å²) in [7, 11) is 1.34. The van der Waals surface area contributed by atoms with Gasteiger partial charge in [-0.3, -0.25) is 0 Å². The fourth-order valence-electron chi connectivity index (χ4n) is 1.82. The first-order valence-electron chi connectivity index (χ1n) is 8.19. The average Bonchev–Trinajstić information content (AvgIpc) is 2.65. The zero-order chi connectivity index (χ0) is 19.0. The van der Waals surface area contributed by atoms with E-state index in [-0.39, 0.29) is 5.97 Å². The van der Waals surface area contributed by atoms with E-state index >= 15 is 0 Å². The average molecular weight is 348 g/mol. The second-order valence-electron chi connectivity index (χ2n) is 5.16. The number of allylic oxidation sites excluding steroid dienone is 12. The molecule has 0 aromatic heterocycles. The van der Waals surface area contributed by atoms with Crippen molar-refractivity contribution in [2.75, 3.05) is 7.11 Å². The summed E-state index contributed by atoms with van der Waals surface area (Å²) < 4.78 is 4.47. The van der Waals surface area contributed by atoms with Crippen LogP contribution in [0.15, 0.2) is 97.2 Å². The molecule has 1 aromatic rings. The van der Waals surface area contributed by atoms with Crippen LogP contribution in [-0.2, 0) is 9.53 Å². The summed E-state index contributed by atoms with van der Waals surface area (Å²) in [5.74, 6) is -0.0628. The summed E-state index contributed by atoms with van der Waals surface area (Å²) in [6.07, 6.45) is 25.7. The highest BCUT2D eigenvalue weighted by atomic mass is 16.5. The van der Waals surface area contributed by atoms with Gasteiger partial charge in [-0.1, -0.05) is 91.1 Å². The number of esters is 1. The van der Waals surface area contributed by atoms with E-state index in [2.05, 4.69) is 4.74 Å². The van der Waals surface area contributed by atoms with Gasteiger partial charge in [-0.2, -0.15) is 0 Å². The first-order valence-corrected chi connectivity index (χ1v) is 8.19. The summed E-state index contributed by atoms with van der Waals surface area (Å²) in [4.78, 5) is 10.8. The highest BCUT2D eigenvalue weighted by molar-refractivity contribution is 5.82. The molecule has 0 saturated heterocycles. The molecule has 0 amide bonds. The van der Waals surface area contributed by atoms with Crippen molar-refractivity contribution in [1.82, 2.24) is 0 Å². The molecule has 0 heterocycles. The van der Waals surface area contributed by atoms with Gasteiger partial charge in [0.05, 0.1) is 7.11 Å². The van der Waals surface area contributed by atoms with Crippen LogP contribution in [0.4, 0.5) is 0 Å². The maximum Gasteiger partial charge on any atom is 0.330 e. The van der Waals surface area contributed by atoms with Gasteiger partial charge >= 0.3 is 5.97 Å². The minimum absolute atomic E-state index is 0.309. The molecule has 0 atom stereocenters. The largest absolute Gasteiger partial charge is 0.508 e. The molecule has 0 saturated carbocycles. The van der Waals surface area contributed by atoms with Gasteiger partial charge < -0.3 is 9.84 Å². The molecule has 0 bridgehead atoms. The molecule has 0 radical (unpaired) electrons. The number of methoxy groups -OCH3 is 1. The van der Waals surface area contributed by atoms with Crippen molar-refractivity contribution in [2.24, 2.45) is 0 Å². The third-order valence-electron chi connectivity index (χ3n) is 3.28. The predicted octanol–water partition coefficient (Wildman–Crippen LogP) is 5.22. The van der Waals surface area contributed by atoms with Gasteiger partial charge in [0, 0.05) is 6.08 Å². The molecule has 0 fully saturated rings. The minimum Gasteiger partial charge on any atom is -0.508 e. The maximum atomic E-state index is 10.8. The highest BCUT2D eigenvalue weighted by Crippen LogP contribution is 2.20. The van der Waals surface area contributed by atoms with Crippen LogP contribution in [0.3, 0.4) is 0 Å². The maximum absolute atomic E-state index is 10.8. The van der Waals surface area contributed by atoms with E-state index in [4.69, 9.17) is 0 Å². The molecule has 0 aliphatic rings. The molecule has 0 spiro atoms. The Morgan fingerprint density at radius 1 is 0.846 bits per heavy atom. The number of phenolic OH excluding ortho intramolecular Hbond substituents is 1. The number of hydrogen-bond acceptors (Lipinski definition) is 3. The summed E-state index contributed by atoms with van der Waals surface area (Å²) >= 11 is 0. The Hall–Kier alpha value is -3.33. The fourth-order valence-corrected chi connectivity index (χ4v) is 1.82. The Morgan fingerprint density at radius 3 is 1.88 bits per heavy atom. The normalized spacial score (nSPS) is 13.0. The number of benzene rings is 1. The van der Waals surface area contributed by atoms with Crippen molar-refractivity contribution in [2.45, 2.75) is 6.92 Å². The van der Waals surface area contributed by atoms with Crippen LogP contribution in [0, 0.1) is 6.92 Å². The van der Waals surface area contributed by atoms with E-state index in [1.807, 2.05) is 85.9 Å². The molecule has 26 heavy (non-hydrogen) atoms. The van der Waals surface area contributed by atoms with E-state index in [9.17, 15) is 9.90 Å². The molecular formula is C23H24O3. The molecule has 0 aliphatic carbocycles. The Balaban J connectivity index is 2.33. The Bertz CT molecular complexity index is 773. The van der Waals surface area contributed by atoms with Crippen molar-refractivity contribution >= 4 is 12.0 Å². The fraction of sp³-hybridized carbons (Fsp3) is 0.0870. The van der Waals surface area contributed by atoms with Gasteiger partial charge in [-0.15, -0.1) is 0 Å². The van der Waals surface area contributed by atoms with Crippen LogP contribution >= 0.6 is 0 Å². The Labute approximate surface area is 155 Å². The monoisotopic (exact) mass is 348 g/mol. The van der Waals surface area contributed by atoms with Gasteiger partial charge in [-0.05, 0) is 24.1 Å². The molecule has 1 N–H and O–H groups in total. The van der Waals surface area contributed by atoms with Crippen molar-refractivity contribution in [1.29, 1.82) is 0 Å². The summed E-state index contributed by atoms with van der Waals surface area (Å²) in [6.45, 7) is 1.89. The number of carbonyl (C=O) groups excluding carboxylic acids is 1. The second kappa shape index (κ2) is 13.0. The van der Waals surface area contributed by atoms with Crippen molar-refractivity contribution in [3.8, 4) is 5.75 Å². The lowest BCUT2D eigenvalue weighted by molar-refractivity contribution is -0.134. The number of ether oxygens (including phenoxy) is 1. The van der Waals surface area contributed by atoms with E-state index in [1.54, 1.807) is 18.2 Å². The van der Waals surface area contributed by atoms with E-state index in [0.29, 0.717) is 5.75 Å². The standard InChI is InChI=1S/C23H24O3/c1-20-21(17-15-18-22(20)24)16-13-11-9-7-5-3-4-6-8-10-12-14-19-23(25)26-2/h3-19,24H,1-2H3/b4-3+,7-5+,8-6+,11-9+,12-10+,16-13+,19-14+. The molecule has 0 unspecified atom stereocenters. The second-order valence-corrected chi connectivity index (χ2v) is 5.16. The smallest absolute Gasteiger partial charge is 0.330 e. The molecule has 1 rings (SSSR count). The summed E-state index contributed by atoms with van der Waals surface area (Å²) in [5.41, 5.74) is 1.87. The van der Waals surface area contributed by atoms with Crippen LogP contribution in [0.25, 0.3) is 6.08 Å². The van der Waals surface area contributed by atoms with Crippen LogP contribution < -0.4 is 0 Å². The van der Waals surface area contributed by atoms with Gasteiger partial charge in [0.25, 0.3) is 0 Å². The minimum atomic E-state index is -0.372. The summed E-state index contributed by atoms with van der Waals surface area (Å²) in [6, 6.07) is 5.47. The van der Waals surface area contributed by atoms with Gasteiger partial charge in [0.1, 0.15) is 5.75 Å². The lowest BCUT2D eigenvalue weighted by atomic mass is 10.1. The molecule has 3 heteroatoms. The van der Waals surface area contributed by atoms with Crippen LogP contribution in [0.1, 0.15) is 11.1 Å². The van der Waals surface area contributed by atoms with E-state index in [1.165, 1.54) is 13.2 Å². The number of rotatable bonds is 8. The lowest BCUT2D eigenvalue weighted by Gasteiger charge is -2.01. The number of hydrogen-bond donors (Lipinski definition) is 1. The van der Waals surface area contributed by atoms with Crippen LogP contribution in [-0.4, -0.2) is 18.2 Å². The zero-order valence-electron chi connectivity index (χ0n) is 15.1. The van der Waals surface area contributed by atoms with Crippen LogP contribution in [0.2, 0.25) is 0 Å². The SMILES string of the molecule is COC(=O)/C=C/C=C/C=C/C=C/C=C/C=C/C=C/c1cccc(O)c1C. The highest BCUT2D eigenvalue weighted by Gasteiger charge is 1.97. The Morgan fingerprint density at radius 2 is 1.35 bits per heavy atom. The third-order valence-corrected chi connectivity index (χ3v) is 3.28. The van der Waals surface area contributed by atoms with E-state index < -0.39 is 0 Å².